The molecule has 2 aliphatic rings. The predicted molar refractivity (Wildman–Crippen MR) is 39.3 cm³/mol. The number of thioether (sulfide) groups is 1. The Kier molecular flexibility index (Phi) is 1.45. The first-order valence-electron chi connectivity index (χ1n) is 3.20. The molecule has 0 radical (unpaired) electrons. The Morgan fingerprint density at radius 1 is 1.60 bits per heavy atom. The average Bonchev–Trinajstić information content (AvgIpc) is 2.41. The van der Waals surface area contributed by atoms with Crippen LogP contribution in [-0.2, 0) is 4.79 Å². The van der Waals surface area contributed by atoms with Crippen molar-refractivity contribution < 1.29 is 4.79 Å². The number of carbonyl (C=O) groups is 1. The summed E-state index contributed by atoms with van der Waals surface area (Å²) in [7, 11) is 0. The van der Waals surface area contributed by atoms with E-state index < -0.39 is 0 Å². The highest BCUT2D eigenvalue weighted by molar-refractivity contribution is 8.01. The zero-order valence-corrected chi connectivity index (χ0v) is 6.15. The van der Waals surface area contributed by atoms with Gasteiger partial charge in [0.15, 0.2) is 5.78 Å². The Hall–Kier alpha value is -0.100. The van der Waals surface area contributed by atoms with Crippen molar-refractivity contribution in [2.45, 2.75) is 17.5 Å². The molecule has 2 aliphatic heterocycles. The van der Waals surface area contributed by atoms with Crippen LogP contribution < -0.4 is 16.6 Å². The van der Waals surface area contributed by atoms with Crippen LogP contribution in [-0.4, -0.2) is 29.0 Å². The van der Waals surface area contributed by atoms with E-state index in [2.05, 4.69) is 10.9 Å². The van der Waals surface area contributed by atoms with Crippen molar-refractivity contribution in [1.82, 2.24) is 10.9 Å². The number of carbonyl (C=O) groups excluding carboxylic acids is 1. The molecule has 0 aromatic rings. The van der Waals surface area contributed by atoms with Crippen molar-refractivity contribution in [3.63, 3.8) is 0 Å². The van der Waals surface area contributed by atoms with E-state index in [1.165, 1.54) is 0 Å². The molecular weight excluding hydrogens is 150 g/mol. The summed E-state index contributed by atoms with van der Waals surface area (Å²) in [4.78, 5) is 11.0. The minimum atomic E-state index is -0.0681. The largest absolute Gasteiger partial charge is 0.314 e. The summed E-state index contributed by atoms with van der Waals surface area (Å²) in [6, 6.07) is -0.0417. The van der Waals surface area contributed by atoms with Crippen LogP contribution in [0, 0.1) is 0 Å². The van der Waals surface area contributed by atoms with Gasteiger partial charge in [0.05, 0.1) is 23.2 Å². The Morgan fingerprint density at radius 2 is 2.40 bits per heavy atom. The molecular formula is C5H9N3OS. The Morgan fingerprint density at radius 3 is 3.10 bits per heavy atom. The molecule has 2 heterocycles. The van der Waals surface area contributed by atoms with Gasteiger partial charge < -0.3 is 5.73 Å². The van der Waals surface area contributed by atoms with Crippen LogP contribution in [0.1, 0.15) is 0 Å². The molecule has 56 valence electrons. The molecule has 0 saturated carbocycles. The van der Waals surface area contributed by atoms with Crippen molar-refractivity contribution in [1.29, 1.82) is 0 Å². The van der Waals surface area contributed by atoms with Gasteiger partial charge in [-0.15, -0.1) is 11.8 Å². The minimum absolute atomic E-state index is 0.0417. The molecule has 0 unspecified atom stereocenters. The lowest BCUT2D eigenvalue weighted by atomic mass is 10.1. The summed E-state index contributed by atoms with van der Waals surface area (Å²) in [6.07, 6.45) is -0.0681. The molecule has 5 heteroatoms. The lowest BCUT2D eigenvalue weighted by molar-refractivity contribution is -0.117. The second kappa shape index (κ2) is 2.20. The van der Waals surface area contributed by atoms with Crippen molar-refractivity contribution in [2.75, 3.05) is 5.75 Å². The minimum Gasteiger partial charge on any atom is -0.314 e. The van der Waals surface area contributed by atoms with Gasteiger partial charge in [-0.05, 0) is 0 Å². The van der Waals surface area contributed by atoms with Gasteiger partial charge in [0, 0.05) is 0 Å². The number of nitrogens with two attached hydrogens (primary N) is 1. The van der Waals surface area contributed by atoms with E-state index >= 15 is 0 Å². The molecule has 0 amide bonds. The Bertz CT molecular complexity index is 174. The maximum Gasteiger partial charge on any atom is 0.162 e. The number of hydrogen-bond acceptors (Lipinski definition) is 5. The molecule has 0 spiro atoms. The third kappa shape index (κ3) is 0.784. The highest BCUT2D eigenvalue weighted by Crippen LogP contribution is 2.27. The average molecular weight is 159 g/mol. The molecule has 0 aromatic carbocycles. The van der Waals surface area contributed by atoms with E-state index in [1.807, 2.05) is 0 Å². The zero-order chi connectivity index (χ0) is 7.14. The monoisotopic (exact) mass is 159 g/mol. The van der Waals surface area contributed by atoms with E-state index in [4.69, 9.17) is 5.73 Å². The summed E-state index contributed by atoms with van der Waals surface area (Å²) >= 11 is 1.63. The lowest BCUT2D eigenvalue weighted by Gasteiger charge is -2.07. The van der Waals surface area contributed by atoms with E-state index in [0.717, 1.165) is 0 Å². The maximum atomic E-state index is 11.0. The topological polar surface area (TPSA) is 67.2 Å². The van der Waals surface area contributed by atoms with Gasteiger partial charge in [0.1, 0.15) is 0 Å². The van der Waals surface area contributed by atoms with Crippen LogP contribution in [0.4, 0.5) is 0 Å². The normalized spacial score (nSPS) is 46.1. The highest BCUT2D eigenvalue weighted by Gasteiger charge is 2.43. The SMILES string of the molecule is N[C@@H]1NN[C@H]2C(=O)CS[C@@H]12. The predicted octanol–water partition coefficient (Wildman–Crippen LogP) is -1.57. The van der Waals surface area contributed by atoms with Crippen LogP contribution in [0.25, 0.3) is 0 Å². The van der Waals surface area contributed by atoms with Gasteiger partial charge in [-0.1, -0.05) is 0 Å². The smallest absolute Gasteiger partial charge is 0.162 e. The van der Waals surface area contributed by atoms with Gasteiger partial charge in [-0.25, -0.2) is 10.9 Å². The first-order chi connectivity index (χ1) is 4.79. The van der Waals surface area contributed by atoms with Gasteiger partial charge in [0.2, 0.25) is 0 Å². The van der Waals surface area contributed by atoms with E-state index in [1.54, 1.807) is 11.8 Å². The van der Waals surface area contributed by atoms with E-state index in [9.17, 15) is 4.79 Å². The first-order valence-corrected chi connectivity index (χ1v) is 4.25. The second-order valence-electron chi connectivity index (χ2n) is 2.53. The summed E-state index contributed by atoms with van der Waals surface area (Å²) < 4.78 is 0. The zero-order valence-electron chi connectivity index (χ0n) is 5.33. The summed E-state index contributed by atoms with van der Waals surface area (Å²) in [5, 5.41) is 0.243. The molecule has 0 aliphatic carbocycles. The summed E-state index contributed by atoms with van der Waals surface area (Å²) in [5.41, 5.74) is 11.3. The number of rotatable bonds is 0. The van der Waals surface area contributed by atoms with Crippen molar-refractivity contribution >= 4 is 17.5 Å². The number of ketones is 1. The molecule has 10 heavy (non-hydrogen) atoms. The summed E-state index contributed by atoms with van der Waals surface area (Å²) in [5.74, 6) is 0.869. The molecule has 3 atom stereocenters. The fourth-order valence-corrected chi connectivity index (χ4v) is 2.51. The fourth-order valence-electron chi connectivity index (χ4n) is 1.29. The molecule has 2 saturated heterocycles. The molecule has 2 rings (SSSR count). The number of fused-ring (bicyclic) bond motifs is 1. The van der Waals surface area contributed by atoms with Crippen LogP contribution in [0.2, 0.25) is 0 Å². The van der Waals surface area contributed by atoms with Crippen LogP contribution in [0.3, 0.4) is 0 Å². The van der Waals surface area contributed by atoms with Gasteiger partial charge in [0.25, 0.3) is 0 Å². The highest BCUT2D eigenvalue weighted by atomic mass is 32.2. The maximum absolute atomic E-state index is 11.0. The lowest BCUT2D eigenvalue weighted by Crippen LogP contribution is -2.40. The molecule has 4 nitrogen and oxygen atoms in total. The molecule has 0 aromatic heterocycles. The number of Topliss-reactive ketones (excluding diaryl/α,β-unsaturated/α-hetero) is 1. The molecule has 2 fully saturated rings. The van der Waals surface area contributed by atoms with Gasteiger partial charge >= 0.3 is 0 Å². The number of nitrogens with one attached hydrogen (secondary N) is 2. The Labute approximate surface area is 62.9 Å². The second-order valence-corrected chi connectivity index (χ2v) is 3.70. The van der Waals surface area contributed by atoms with Crippen LogP contribution >= 0.6 is 11.8 Å². The van der Waals surface area contributed by atoms with Crippen molar-refractivity contribution in [2.24, 2.45) is 5.73 Å². The third-order valence-electron chi connectivity index (χ3n) is 1.85. The van der Waals surface area contributed by atoms with Gasteiger partial charge in [-0.3, -0.25) is 4.79 Å². The fraction of sp³-hybridized carbons (Fsp3) is 0.800. The quantitative estimate of drug-likeness (QED) is 0.398. The summed E-state index contributed by atoms with van der Waals surface area (Å²) in [6.45, 7) is 0. The van der Waals surface area contributed by atoms with Crippen molar-refractivity contribution in [3.05, 3.63) is 0 Å². The van der Waals surface area contributed by atoms with E-state index in [-0.39, 0.29) is 23.2 Å². The van der Waals surface area contributed by atoms with Crippen LogP contribution in [0.15, 0.2) is 0 Å². The van der Waals surface area contributed by atoms with Crippen molar-refractivity contribution in [3.8, 4) is 0 Å². The molecule has 0 bridgehead atoms. The third-order valence-corrected chi connectivity index (χ3v) is 3.25. The Balaban J connectivity index is 2.16. The number of hydrazine groups is 1. The van der Waals surface area contributed by atoms with E-state index in [0.29, 0.717) is 5.75 Å². The van der Waals surface area contributed by atoms with Crippen LogP contribution in [0.5, 0.6) is 0 Å². The standard InChI is InChI=1S/C5H9N3OS/c6-5-4-3(7-8-5)2(9)1-10-4/h3-5,7-8H,1,6H2/t3-,4+,5+/m0/s1. The molecule has 4 N–H and O–H groups in total. The van der Waals surface area contributed by atoms with Gasteiger partial charge in [-0.2, -0.15) is 0 Å². The first kappa shape index (κ1) is 6.60. The number of hydrogen-bond donors (Lipinski definition) is 3.